The molecule has 0 saturated carbocycles. The van der Waals surface area contributed by atoms with Crippen LogP contribution in [-0.2, 0) is 0 Å². The Hall–Kier alpha value is -1.85. The van der Waals surface area contributed by atoms with Crippen LogP contribution >= 0.6 is 0 Å². The zero-order valence-corrected chi connectivity index (χ0v) is 5.16. The van der Waals surface area contributed by atoms with Crippen molar-refractivity contribution in [3.63, 3.8) is 0 Å². The summed E-state index contributed by atoms with van der Waals surface area (Å²) in [5.74, 6) is -3.27. The molecular weight excluding hydrogens is 152 g/mol. The Bertz CT molecular complexity index is 275. The maximum Gasteiger partial charge on any atom is 0.113 e. The van der Waals surface area contributed by atoms with Gasteiger partial charge in [-0.2, -0.15) is 0 Å². The van der Waals surface area contributed by atoms with Crippen LogP contribution in [0.2, 0.25) is 0 Å². The summed E-state index contributed by atoms with van der Waals surface area (Å²) in [7, 11) is 0. The number of hydrogen-bond acceptors (Lipinski definition) is 5. The van der Waals surface area contributed by atoms with Crippen LogP contribution in [0.4, 0.5) is 0 Å². The number of carboxylic acids is 2. The molecule has 0 fully saturated rings. The molecule has 0 aromatic carbocycles. The second-order valence-corrected chi connectivity index (χ2v) is 1.70. The molecule has 0 aliphatic carbocycles. The summed E-state index contributed by atoms with van der Waals surface area (Å²) < 4.78 is 0. The Morgan fingerprint density at radius 2 is 2.00 bits per heavy atom. The summed E-state index contributed by atoms with van der Waals surface area (Å²) in [6.07, 6.45) is 0.941. The van der Waals surface area contributed by atoms with Crippen LogP contribution in [-0.4, -0.2) is 21.9 Å². The Morgan fingerprint density at radius 3 is 2.36 bits per heavy atom. The van der Waals surface area contributed by atoms with Crippen molar-refractivity contribution >= 4 is 11.9 Å². The fourth-order valence-electron chi connectivity index (χ4n) is 0.605. The first kappa shape index (κ1) is 7.26. The van der Waals surface area contributed by atoms with Crippen LogP contribution in [0.15, 0.2) is 6.33 Å². The van der Waals surface area contributed by atoms with E-state index in [1.54, 1.807) is 0 Å². The average molecular weight is 154 g/mol. The monoisotopic (exact) mass is 154 g/mol. The van der Waals surface area contributed by atoms with Gasteiger partial charge in [-0.05, 0) is 0 Å². The lowest BCUT2D eigenvalue weighted by Gasteiger charge is -2.02. The predicted octanol–water partition coefficient (Wildman–Crippen LogP) is -2.86. The van der Waals surface area contributed by atoms with E-state index in [0.29, 0.717) is 0 Å². The third-order valence-corrected chi connectivity index (χ3v) is 1.04. The van der Waals surface area contributed by atoms with Gasteiger partial charge in [0, 0.05) is 0 Å². The zero-order valence-electron chi connectivity index (χ0n) is 5.16. The first-order valence-electron chi connectivity index (χ1n) is 2.59. The van der Waals surface area contributed by atoms with Gasteiger partial charge < -0.3 is 24.8 Å². The molecule has 1 heterocycles. The number of rotatable bonds is 2. The van der Waals surface area contributed by atoms with Crippen LogP contribution in [0.25, 0.3) is 0 Å². The SMILES string of the molecule is O=C([O-])c1nc[nH]c1C(=O)[O-]. The molecule has 0 unspecified atom stereocenters. The molecule has 1 N–H and O–H groups in total. The Kier molecular flexibility index (Phi) is 1.59. The standard InChI is InChI=1S/C5H4N2O4/c8-4(9)2-3(5(10)11)7-1-6-2/h1H,(H,6,7)(H,8,9)(H,10,11)/p-2. The van der Waals surface area contributed by atoms with E-state index < -0.39 is 23.3 Å². The summed E-state index contributed by atoms with van der Waals surface area (Å²) in [5, 5.41) is 20.2. The number of carbonyl (C=O) groups is 2. The summed E-state index contributed by atoms with van der Waals surface area (Å²) in [5.41, 5.74) is -1.23. The maximum absolute atomic E-state index is 10.1. The molecule has 0 spiro atoms. The van der Waals surface area contributed by atoms with Crippen molar-refractivity contribution in [1.29, 1.82) is 0 Å². The molecule has 0 bridgehead atoms. The van der Waals surface area contributed by atoms with E-state index >= 15 is 0 Å². The second kappa shape index (κ2) is 2.41. The van der Waals surface area contributed by atoms with E-state index in [2.05, 4.69) is 9.97 Å². The lowest BCUT2D eigenvalue weighted by molar-refractivity contribution is -0.260. The smallest absolute Gasteiger partial charge is 0.113 e. The Balaban J connectivity index is 3.16. The van der Waals surface area contributed by atoms with Crippen molar-refractivity contribution in [3.8, 4) is 0 Å². The van der Waals surface area contributed by atoms with E-state index in [4.69, 9.17) is 0 Å². The normalized spacial score (nSPS) is 9.45. The highest BCUT2D eigenvalue weighted by atomic mass is 16.4. The lowest BCUT2D eigenvalue weighted by atomic mass is 10.3. The van der Waals surface area contributed by atoms with Gasteiger partial charge in [0.15, 0.2) is 0 Å². The number of carbonyl (C=O) groups excluding carboxylic acids is 2. The number of aromatic carboxylic acids is 2. The largest absolute Gasteiger partial charge is 0.543 e. The molecule has 1 aromatic heterocycles. The molecule has 0 saturated heterocycles. The second-order valence-electron chi connectivity index (χ2n) is 1.70. The van der Waals surface area contributed by atoms with Crippen LogP contribution in [0.5, 0.6) is 0 Å². The van der Waals surface area contributed by atoms with Crippen LogP contribution in [0, 0.1) is 0 Å². The van der Waals surface area contributed by atoms with Gasteiger partial charge >= 0.3 is 0 Å². The van der Waals surface area contributed by atoms with Crippen molar-refractivity contribution in [3.05, 3.63) is 17.7 Å². The Morgan fingerprint density at radius 1 is 1.36 bits per heavy atom. The minimum absolute atomic E-state index is 0.579. The summed E-state index contributed by atoms with van der Waals surface area (Å²) in [6.45, 7) is 0. The molecule has 58 valence electrons. The minimum Gasteiger partial charge on any atom is -0.543 e. The fourth-order valence-corrected chi connectivity index (χ4v) is 0.605. The van der Waals surface area contributed by atoms with Crippen molar-refractivity contribution < 1.29 is 19.8 Å². The molecule has 1 aromatic rings. The summed E-state index contributed by atoms with van der Waals surface area (Å²) in [6, 6.07) is 0. The first-order chi connectivity index (χ1) is 5.13. The molecule has 6 nitrogen and oxygen atoms in total. The van der Waals surface area contributed by atoms with E-state index in [0.717, 1.165) is 6.33 Å². The van der Waals surface area contributed by atoms with Gasteiger partial charge in [0.2, 0.25) is 0 Å². The molecule has 11 heavy (non-hydrogen) atoms. The van der Waals surface area contributed by atoms with Gasteiger partial charge in [0.25, 0.3) is 0 Å². The summed E-state index contributed by atoms with van der Waals surface area (Å²) >= 11 is 0. The highest BCUT2D eigenvalue weighted by Gasteiger charge is 2.05. The van der Waals surface area contributed by atoms with Crippen LogP contribution < -0.4 is 10.2 Å². The molecule has 0 aliphatic rings. The number of H-pyrrole nitrogens is 1. The molecule has 1 rings (SSSR count). The van der Waals surface area contributed by atoms with E-state index in [9.17, 15) is 19.8 Å². The zero-order chi connectivity index (χ0) is 8.43. The molecular formula is C5H2N2O4-2. The average Bonchev–Trinajstić information content (AvgIpc) is 2.32. The molecule has 0 radical (unpaired) electrons. The number of aromatic nitrogens is 2. The molecule has 0 amide bonds. The number of imidazole rings is 1. The van der Waals surface area contributed by atoms with E-state index in [1.165, 1.54) is 0 Å². The lowest BCUT2D eigenvalue weighted by Crippen LogP contribution is -2.30. The van der Waals surface area contributed by atoms with Crippen molar-refractivity contribution in [2.75, 3.05) is 0 Å². The van der Waals surface area contributed by atoms with Gasteiger partial charge in [0.05, 0.1) is 24.0 Å². The van der Waals surface area contributed by atoms with E-state index in [-0.39, 0.29) is 0 Å². The predicted molar refractivity (Wildman–Crippen MR) is 27.2 cm³/mol. The molecule has 6 heteroatoms. The number of carboxylic acid groups (broad SMARTS) is 2. The number of hydrogen-bond donors (Lipinski definition) is 1. The maximum atomic E-state index is 10.1. The molecule has 0 aliphatic heterocycles. The van der Waals surface area contributed by atoms with Gasteiger partial charge in [0.1, 0.15) is 5.69 Å². The molecule has 0 atom stereocenters. The van der Waals surface area contributed by atoms with Gasteiger partial charge in [-0.1, -0.05) is 0 Å². The van der Waals surface area contributed by atoms with Crippen molar-refractivity contribution in [2.45, 2.75) is 0 Å². The highest BCUT2D eigenvalue weighted by Crippen LogP contribution is 1.98. The van der Waals surface area contributed by atoms with Crippen LogP contribution in [0.3, 0.4) is 0 Å². The van der Waals surface area contributed by atoms with Crippen LogP contribution in [0.1, 0.15) is 21.0 Å². The number of aromatic amines is 1. The van der Waals surface area contributed by atoms with Crippen molar-refractivity contribution in [1.82, 2.24) is 9.97 Å². The van der Waals surface area contributed by atoms with Gasteiger partial charge in [-0.15, -0.1) is 0 Å². The number of nitrogens with zero attached hydrogens (tertiary/aromatic N) is 1. The van der Waals surface area contributed by atoms with Gasteiger partial charge in [-0.25, -0.2) is 4.98 Å². The fraction of sp³-hybridized carbons (Fsp3) is 0. The topological polar surface area (TPSA) is 109 Å². The Labute approximate surface area is 60.5 Å². The highest BCUT2D eigenvalue weighted by molar-refractivity contribution is 5.96. The summed E-state index contributed by atoms with van der Waals surface area (Å²) in [4.78, 5) is 25.5. The first-order valence-corrected chi connectivity index (χ1v) is 2.59. The third-order valence-electron chi connectivity index (χ3n) is 1.04. The number of nitrogens with one attached hydrogen (secondary N) is 1. The van der Waals surface area contributed by atoms with E-state index in [1.807, 2.05) is 0 Å². The van der Waals surface area contributed by atoms with Gasteiger partial charge in [-0.3, -0.25) is 0 Å². The quantitative estimate of drug-likeness (QED) is 0.492. The van der Waals surface area contributed by atoms with Crippen molar-refractivity contribution in [2.24, 2.45) is 0 Å². The minimum atomic E-state index is -1.65. The third kappa shape index (κ3) is 1.18.